The van der Waals surface area contributed by atoms with Gasteiger partial charge in [-0.15, -0.1) is 0 Å². The molecule has 7 heteroatoms. The zero-order valence-corrected chi connectivity index (χ0v) is 15.3. The number of nitrogens with zero attached hydrogens (tertiary/aromatic N) is 1. The Morgan fingerprint density at radius 3 is 3.07 bits per heavy atom. The first kappa shape index (κ1) is 19.0. The molecule has 1 aliphatic heterocycles. The molecular formula is C21H19N3O4. The minimum atomic E-state index is -0.605. The number of carbonyl (C=O) groups is 2. The number of amidine groups is 1. The largest absolute Gasteiger partial charge is 0.488 e. The molecule has 1 aliphatic rings. The van der Waals surface area contributed by atoms with Gasteiger partial charge in [0.1, 0.15) is 23.9 Å². The van der Waals surface area contributed by atoms with Crippen molar-refractivity contribution in [3.05, 3.63) is 71.4 Å². The zero-order chi connectivity index (χ0) is 19.9. The number of benzene rings is 1. The van der Waals surface area contributed by atoms with Crippen LogP contribution in [0.4, 0.5) is 0 Å². The number of nitrogens with one attached hydrogen (secondary N) is 1. The molecule has 0 bridgehead atoms. The summed E-state index contributed by atoms with van der Waals surface area (Å²) in [6.45, 7) is 0.240. The predicted molar refractivity (Wildman–Crippen MR) is 103 cm³/mol. The molecule has 0 radical (unpaired) electrons. The molecule has 0 aromatic heterocycles. The minimum Gasteiger partial charge on any atom is -0.488 e. The van der Waals surface area contributed by atoms with Crippen LogP contribution in [0.3, 0.4) is 0 Å². The van der Waals surface area contributed by atoms with Crippen molar-refractivity contribution in [3.63, 3.8) is 0 Å². The summed E-state index contributed by atoms with van der Waals surface area (Å²) in [6.07, 6.45) is 3.54. The molecule has 3 rings (SSSR count). The lowest BCUT2D eigenvalue weighted by Crippen LogP contribution is -2.13. The Bertz CT molecular complexity index is 923. The summed E-state index contributed by atoms with van der Waals surface area (Å²) in [5, 5.41) is 2.77. The van der Waals surface area contributed by atoms with E-state index in [0.717, 1.165) is 17.4 Å². The fraction of sp³-hybridized carbons (Fsp3) is 0.190. The maximum atomic E-state index is 12.5. The van der Waals surface area contributed by atoms with E-state index in [2.05, 4.69) is 22.4 Å². The maximum absolute atomic E-state index is 12.5. The number of aliphatic imine (C=N–C) groups is 1. The van der Waals surface area contributed by atoms with E-state index in [1.807, 2.05) is 12.1 Å². The molecule has 0 spiro atoms. The van der Waals surface area contributed by atoms with E-state index < -0.39 is 12.0 Å². The third-order valence-electron chi connectivity index (χ3n) is 3.99. The van der Waals surface area contributed by atoms with Gasteiger partial charge in [-0.2, -0.15) is 4.99 Å². The van der Waals surface area contributed by atoms with Gasteiger partial charge in [-0.1, -0.05) is 18.2 Å². The first-order valence-electron chi connectivity index (χ1n) is 8.62. The molecule has 0 saturated heterocycles. The van der Waals surface area contributed by atoms with Gasteiger partial charge in [0.15, 0.2) is 12.4 Å². The summed E-state index contributed by atoms with van der Waals surface area (Å²) in [7, 11) is 1.71. The van der Waals surface area contributed by atoms with Crippen LogP contribution in [0.1, 0.15) is 21.5 Å². The molecule has 142 valence electrons. The molecule has 2 aromatic rings. The van der Waals surface area contributed by atoms with Crippen molar-refractivity contribution < 1.29 is 19.1 Å². The number of rotatable bonds is 7. The first-order chi connectivity index (χ1) is 13.6. The highest BCUT2D eigenvalue weighted by molar-refractivity contribution is 6.06. The van der Waals surface area contributed by atoms with Crippen molar-refractivity contribution >= 4 is 18.0 Å². The number of carbonyl (C=O) groups excluding carboxylic acids is 2. The van der Waals surface area contributed by atoms with E-state index in [1.165, 1.54) is 6.08 Å². The minimum absolute atomic E-state index is 0.0587. The molecule has 7 nitrogen and oxygen atoms in total. The Morgan fingerprint density at radius 1 is 1.50 bits per heavy atom. The van der Waals surface area contributed by atoms with E-state index >= 15 is 0 Å². The molecule has 0 fully saturated rings. The Balaban J connectivity index is 1.89. The number of hydrogen-bond donors (Lipinski definition) is 2. The number of nitrogens with two attached hydrogens (primary N) is 1. The molecule has 1 amide bonds. The van der Waals surface area contributed by atoms with Crippen LogP contribution in [-0.4, -0.2) is 31.2 Å². The second-order valence-corrected chi connectivity index (χ2v) is 6.02. The third kappa shape index (κ3) is 4.48. The molecule has 28 heavy (non-hydrogen) atoms. The number of fused-ring (bicyclic) bond motifs is 1. The highest BCUT2D eigenvalue weighted by Gasteiger charge is 2.28. The van der Waals surface area contributed by atoms with Gasteiger partial charge in [-0.3, -0.25) is 9.59 Å². The topological polar surface area (TPSA) is 103 Å². The van der Waals surface area contributed by atoms with Gasteiger partial charge in [-0.05, 0) is 36.5 Å². The molecule has 1 atom stereocenters. The Hall–Kier alpha value is -3.79. The van der Waals surface area contributed by atoms with Gasteiger partial charge in [0.2, 0.25) is 0 Å². The van der Waals surface area contributed by atoms with Gasteiger partial charge < -0.3 is 20.5 Å². The number of ether oxygens (including phenoxy) is 2. The lowest BCUT2D eigenvalue weighted by Gasteiger charge is -2.11. The van der Waals surface area contributed by atoms with Gasteiger partial charge in [-0.25, -0.2) is 0 Å². The van der Waals surface area contributed by atoms with E-state index in [0.29, 0.717) is 17.9 Å². The average Bonchev–Trinajstić information content (AvgIpc) is 3.14. The predicted octanol–water partition coefficient (Wildman–Crippen LogP) is 1.60. The number of amides is 1. The van der Waals surface area contributed by atoms with Crippen molar-refractivity contribution in [2.45, 2.75) is 19.1 Å². The lowest BCUT2D eigenvalue weighted by atomic mass is 10.1. The molecule has 1 heterocycles. The van der Waals surface area contributed by atoms with Crippen LogP contribution in [0.25, 0.3) is 0 Å². The Kier molecular flexibility index (Phi) is 5.92. The third-order valence-corrected chi connectivity index (χ3v) is 3.99. The summed E-state index contributed by atoms with van der Waals surface area (Å²) in [5.41, 5.74) is 7.51. The molecule has 0 saturated carbocycles. The normalized spacial score (nSPS) is 15.5. The number of hydrogen-bond acceptors (Lipinski definition) is 5. The van der Waals surface area contributed by atoms with E-state index in [4.69, 9.17) is 15.2 Å². The average molecular weight is 377 g/mol. The molecule has 3 N–H and O–H groups in total. The van der Waals surface area contributed by atoms with E-state index in [9.17, 15) is 9.59 Å². The summed E-state index contributed by atoms with van der Waals surface area (Å²) in [4.78, 5) is 27.5. The van der Waals surface area contributed by atoms with Crippen LogP contribution < -0.4 is 20.5 Å². The lowest BCUT2D eigenvalue weighted by molar-refractivity contribution is -0.113. The van der Waals surface area contributed by atoms with Gasteiger partial charge in [0.05, 0.1) is 0 Å². The maximum Gasteiger partial charge on any atom is 0.279 e. The second-order valence-electron chi connectivity index (χ2n) is 6.02. The molecule has 1 unspecified atom stereocenters. The van der Waals surface area contributed by atoms with Gasteiger partial charge in [0.25, 0.3) is 5.91 Å². The Morgan fingerprint density at radius 2 is 2.36 bits per heavy atom. The monoisotopic (exact) mass is 377 g/mol. The van der Waals surface area contributed by atoms with E-state index in [1.54, 1.807) is 31.4 Å². The fourth-order valence-corrected chi connectivity index (χ4v) is 2.68. The van der Waals surface area contributed by atoms with Crippen molar-refractivity contribution in [3.8, 4) is 11.5 Å². The van der Waals surface area contributed by atoms with E-state index in [-0.39, 0.29) is 18.0 Å². The van der Waals surface area contributed by atoms with Crippen molar-refractivity contribution in [1.29, 1.82) is 0 Å². The highest BCUT2D eigenvalue weighted by Crippen LogP contribution is 2.37. The van der Waals surface area contributed by atoms with Gasteiger partial charge >= 0.3 is 0 Å². The molecular weight excluding hydrogens is 358 g/mol. The fourth-order valence-electron chi connectivity index (χ4n) is 2.68. The second kappa shape index (κ2) is 8.73. The van der Waals surface area contributed by atoms with Crippen LogP contribution in [0.5, 0.6) is 11.5 Å². The van der Waals surface area contributed by atoms with Gasteiger partial charge in [0, 0.05) is 30.2 Å². The standard InChI is InChI=1S/C21H19N3O4/c1-23-8-7-20(22)24-21(26)15-9-18(27-13-14-5-3-2-4-6-14)17-11-16(12-25)28-19(17)10-15/h2-3,5,7-10,12,16,23H,11,13H2,1H3,(H2,22,24,26)/b8-7-. The summed E-state index contributed by atoms with van der Waals surface area (Å²) < 4.78 is 11.5. The van der Waals surface area contributed by atoms with Crippen LogP contribution in [0, 0.1) is 12.1 Å². The van der Waals surface area contributed by atoms with Crippen molar-refractivity contribution in [2.24, 2.45) is 10.7 Å². The SMILES string of the molecule is CN/C=C\C(N)=NC(=O)c1cc(OCc2c#cccc2)c2c(c1)OC(C=O)C2. The van der Waals surface area contributed by atoms with Crippen molar-refractivity contribution in [1.82, 2.24) is 5.32 Å². The summed E-state index contributed by atoms with van der Waals surface area (Å²) in [6, 6.07) is 14.4. The number of aldehydes is 1. The smallest absolute Gasteiger partial charge is 0.279 e. The highest BCUT2D eigenvalue weighted by atomic mass is 16.5. The van der Waals surface area contributed by atoms with Crippen LogP contribution in [-0.2, 0) is 17.8 Å². The summed E-state index contributed by atoms with van der Waals surface area (Å²) in [5.74, 6) is 0.412. The summed E-state index contributed by atoms with van der Waals surface area (Å²) >= 11 is 0. The molecule has 0 aliphatic carbocycles. The van der Waals surface area contributed by atoms with Crippen LogP contribution >= 0.6 is 0 Å². The zero-order valence-electron chi connectivity index (χ0n) is 15.3. The quantitative estimate of drug-likeness (QED) is 0.432. The molecule has 2 aromatic carbocycles. The van der Waals surface area contributed by atoms with Crippen LogP contribution in [0.15, 0.2) is 47.6 Å². The van der Waals surface area contributed by atoms with Crippen molar-refractivity contribution in [2.75, 3.05) is 7.05 Å². The van der Waals surface area contributed by atoms with Crippen LogP contribution in [0.2, 0.25) is 0 Å². The Labute approximate surface area is 162 Å². The first-order valence-corrected chi connectivity index (χ1v) is 8.62.